The summed E-state index contributed by atoms with van der Waals surface area (Å²) in [5.41, 5.74) is 1.42. The fourth-order valence-corrected chi connectivity index (χ4v) is 4.99. The van der Waals surface area contributed by atoms with Crippen LogP contribution in [0.1, 0.15) is 24.1 Å². The third-order valence-corrected chi connectivity index (χ3v) is 7.11. The zero-order valence-electron chi connectivity index (χ0n) is 18.2. The summed E-state index contributed by atoms with van der Waals surface area (Å²) in [6, 6.07) is 18.4. The second-order valence-electron chi connectivity index (χ2n) is 7.40. The number of nitrogens with one attached hydrogen (secondary N) is 1. The van der Waals surface area contributed by atoms with E-state index in [9.17, 15) is 17.6 Å². The third-order valence-electron chi connectivity index (χ3n) is 5.03. The lowest BCUT2D eigenvalue weighted by molar-refractivity contribution is -0.122. The number of sulfonamides is 1. The number of nitrogens with zero attached hydrogens (tertiary/aromatic N) is 1. The highest BCUT2D eigenvalue weighted by molar-refractivity contribution is 7.89. The minimum absolute atomic E-state index is 0.00876. The monoisotopic (exact) mass is 490 g/mol. The van der Waals surface area contributed by atoms with E-state index in [-0.39, 0.29) is 22.3 Å². The second kappa shape index (κ2) is 10.8. The lowest BCUT2D eigenvalue weighted by Crippen LogP contribution is -2.41. The number of benzene rings is 3. The topological polar surface area (TPSA) is 75.7 Å². The minimum atomic E-state index is -4.06. The highest BCUT2D eigenvalue weighted by Gasteiger charge is 2.28. The predicted molar refractivity (Wildman–Crippen MR) is 125 cm³/mol. The number of hydrogen-bond acceptors (Lipinski definition) is 4. The number of carbonyl (C=O) groups excluding carboxylic acids is 1. The van der Waals surface area contributed by atoms with Crippen LogP contribution in [0.15, 0.2) is 77.7 Å². The standard InChI is InChI=1S/C24H24ClFN2O4S/c1-17(19-8-10-20(26)11-9-19)27-24(29)16-28(15-18-6-4-3-5-7-18)33(30,31)21-12-13-23(32-2)22(25)14-21/h3-14,17H,15-16H2,1-2H3,(H,27,29)/t17-/m1/s1. The first kappa shape index (κ1) is 24.7. The number of carbonyl (C=O) groups is 1. The molecule has 0 spiro atoms. The van der Waals surface area contributed by atoms with Crippen LogP contribution in [0.2, 0.25) is 5.02 Å². The van der Waals surface area contributed by atoms with Crippen LogP contribution in [0.3, 0.4) is 0 Å². The summed E-state index contributed by atoms with van der Waals surface area (Å²) in [5.74, 6) is -0.530. The van der Waals surface area contributed by atoms with Gasteiger partial charge in [-0.2, -0.15) is 4.31 Å². The number of ether oxygens (including phenoxy) is 1. The highest BCUT2D eigenvalue weighted by atomic mass is 35.5. The molecule has 3 rings (SSSR count). The summed E-state index contributed by atoms with van der Waals surface area (Å²) in [7, 11) is -2.63. The molecular formula is C24H24ClFN2O4S. The van der Waals surface area contributed by atoms with Crippen LogP contribution in [-0.4, -0.2) is 32.3 Å². The van der Waals surface area contributed by atoms with Gasteiger partial charge in [-0.1, -0.05) is 54.1 Å². The molecule has 174 valence electrons. The maximum absolute atomic E-state index is 13.4. The lowest BCUT2D eigenvalue weighted by atomic mass is 10.1. The molecule has 9 heteroatoms. The Bertz CT molecular complexity index is 1200. The van der Waals surface area contributed by atoms with Gasteiger partial charge in [-0.3, -0.25) is 4.79 Å². The molecule has 1 N–H and O–H groups in total. The highest BCUT2D eigenvalue weighted by Crippen LogP contribution is 2.29. The van der Waals surface area contributed by atoms with Crippen molar-refractivity contribution in [2.24, 2.45) is 0 Å². The average Bonchev–Trinajstić information content (AvgIpc) is 2.79. The average molecular weight is 491 g/mol. The number of halogens is 2. The first-order valence-corrected chi connectivity index (χ1v) is 11.9. The van der Waals surface area contributed by atoms with Gasteiger partial charge in [0.15, 0.2) is 0 Å². The molecule has 0 saturated carbocycles. The Morgan fingerprint density at radius 1 is 1.09 bits per heavy atom. The molecule has 33 heavy (non-hydrogen) atoms. The van der Waals surface area contributed by atoms with E-state index < -0.39 is 28.5 Å². The van der Waals surface area contributed by atoms with Crippen molar-refractivity contribution in [2.45, 2.75) is 24.4 Å². The van der Waals surface area contributed by atoms with Crippen molar-refractivity contribution in [1.82, 2.24) is 9.62 Å². The van der Waals surface area contributed by atoms with Crippen molar-refractivity contribution in [3.05, 3.63) is 94.8 Å². The molecule has 0 aliphatic carbocycles. The Morgan fingerprint density at radius 3 is 2.36 bits per heavy atom. The van der Waals surface area contributed by atoms with Gasteiger partial charge in [0, 0.05) is 6.54 Å². The van der Waals surface area contributed by atoms with Crippen molar-refractivity contribution in [3.63, 3.8) is 0 Å². The molecule has 0 radical (unpaired) electrons. The van der Waals surface area contributed by atoms with E-state index in [2.05, 4.69) is 5.32 Å². The summed E-state index contributed by atoms with van der Waals surface area (Å²) in [5, 5.41) is 2.92. The van der Waals surface area contributed by atoms with Gasteiger partial charge in [0.05, 0.1) is 29.6 Å². The Morgan fingerprint density at radius 2 is 1.76 bits per heavy atom. The van der Waals surface area contributed by atoms with Crippen LogP contribution in [0.4, 0.5) is 4.39 Å². The van der Waals surface area contributed by atoms with Crippen molar-refractivity contribution >= 4 is 27.5 Å². The number of hydrogen-bond donors (Lipinski definition) is 1. The smallest absolute Gasteiger partial charge is 0.243 e. The Balaban J connectivity index is 1.85. The summed E-state index contributed by atoms with van der Waals surface area (Å²) >= 11 is 6.14. The van der Waals surface area contributed by atoms with Gasteiger partial charge in [0.1, 0.15) is 11.6 Å². The second-order valence-corrected chi connectivity index (χ2v) is 9.74. The van der Waals surface area contributed by atoms with Crippen molar-refractivity contribution in [3.8, 4) is 5.75 Å². The maximum Gasteiger partial charge on any atom is 0.243 e. The van der Waals surface area contributed by atoms with E-state index in [0.717, 1.165) is 9.87 Å². The van der Waals surface area contributed by atoms with Crippen LogP contribution < -0.4 is 10.1 Å². The summed E-state index contributed by atoms with van der Waals surface area (Å²) in [4.78, 5) is 12.8. The number of methoxy groups -OCH3 is 1. The van der Waals surface area contributed by atoms with Crippen molar-refractivity contribution < 1.29 is 22.3 Å². The van der Waals surface area contributed by atoms with E-state index in [1.54, 1.807) is 43.3 Å². The van der Waals surface area contributed by atoms with Gasteiger partial charge in [-0.05, 0) is 48.4 Å². The van der Waals surface area contributed by atoms with Crippen LogP contribution in [0.5, 0.6) is 5.75 Å². The van der Waals surface area contributed by atoms with Crippen LogP contribution in [-0.2, 0) is 21.4 Å². The van der Waals surface area contributed by atoms with Gasteiger partial charge >= 0.3 is 0 Å². The first-order valence-electron chi connectivity index (χ1n) is 10.1. The zero-order chi connectivity index (χ0) is 24.0. The lowest BCUT2D eigenvalue weighted by Gasteiger charge is -2.23. The molecule has 0 aliphatic heterocycles. The molecule has 6 nitrogen and oxygen atoms in total. The van der Waals surface area contributed by atoms with Crippen LogP contribution in [0.25, 0.3) is 0 Å². The molecule has 0 saturated heterocycles. The Hall–Kier alpha value is -2.94. The summed E-state index contributed by atoms with van der Waals surface area (Å²) in [6.45, 7) is 1.32. The number of amides is 1. The predicted octanol–water partition coefficient (Wildman–Crippen LogP) is 4.56. The maximum atomic E-state index is 13.4. The van der Waals surface area contributed by atoms with Crippen LogP contribution >= 0.6 is 11.6 Å². The van der Waals surface area contributed by atoms with E-state index in [1.165, 1.54) is 37.4 Å². The fourth-order valence-electron chi connectivity index (χ4n) is 3.25. The zero-order valence-corrected chi connectivity index (χ0v) is 19.7. The third kappa shape index (κ3) is 6.31. The quantitative estimate of drug-likeness (QED) is 0.477. The van der Waals surface area contributed by atoms with E-state index in [0.29, 0.717) is 11.3 Å². The molecule has 1 atom stereocenters. The van der Waals surface area contributed by atoms with Crippen molar-refractivity contribution in [1.29, 1.82) is 0 Å². The fraction of sp³-hybridized carbons (Fsp3) is 0.208. The van der Waals surface area contributed by atoms with Gasteiger partial charge in [-0.25, -0.2) is 12.8 Å². The number of rotatable bonds is 9. The normalized spacial score (nSPS) is 12.4. The Kier molecular flexibility index (Phi) is 8.07. The molecule has 3 aromatic carbocycles. The molecule has 0 fully saturated rings. The van der Waals surface area contributed by atoms with E-state index >= 15 is 0 Å². The van der Waals surface area contributed by atoms with E-state index in [1.807, 2.05) is 6.07 Å². The molecular weight excluding hydrogens is 467 g/mol. The first-order chi connectivity index (χ1) is 15.7. The molecule has 3 aromatic rings. The minimum Gasteiger partial charge on any atom is -0.495 e. The summed E-state index contributed by atoms with van der Waals surface area (Å²) < 4.78 is 46.2. The Labute approximate surface area is 198 Å². The molecule has 0 unspecified atom stereocenters. The van der Waals surface area contributed by atoms with Crippen LogP contribution in [0, 0.1) is 5.82 Å². The van der Waals surface area contributed by atoms with E-state index in [4.69, 9.17) is 16.3 Å². The van der Waals surface area contributed by atoms with Gasteiger partial charge in [0.2, 0.25) is 15.9 Å². The largest absolute Gasteiger partial charge is 0.495 e. The molecule has 0 aromatic heterocycles. The molecule has 1 amide bonds. The summed E-state index contributed by atoms with van der Waals surface area (Å²) in [6.07, 6.45) is 0. The van der Waals surface area contributed by atoms with Gasteiger partial charge < -0.3 is 10.1 Å². The van der Waals surface area contributed by atoms with Gasteiger partial charge in [-0.15, -0.1) is 0 Å². The molecule has 0 bridgehead atoms. The SMILES string of the molecule is COc1ccc(S(=O)(=O)N(CC(=O)N[C@H](C)c2ccc(F)cc2)Cc2ccccc2)cc1Cl. The van der Waals surface area contributed by atoms with Crippen molar-refractivity contribution in [2.75, 3.05) is 13.7 Å². The van der Waals surface area contributed by atoms with Gasteiger partial charge in [0.25, 0.3) is 0 Å². The molecule has 0 heterocycles. The molecule has 0 aliphatic rings.